The maximum Gasteiger partial charge on any atom is 0.283 e. The predicted molar refractivity (Wildman–Crippen MR) is 133 cm³/mol. The fourth-order valence-corrected chi connectivity index (χ4v) is 4.88. The van der Waals surface area contributed by atoms with Gasteiger partial charge in [0.1, 0.15) is 4.88 Å². The summed E-state index contributed by atoms with van der Waals surface area (Å²) >= 11 is 7.70. The fraction of sp³-hybridized carbons (Fsp3) is 0.0800. The third kappa shape index (κ3) is 4.33. The highest BCUT2D eigenvalue weighted by molar-refractivity contribution is 7.21. The summed E-state index contributed by atoms with van der Waals surface area (Å²) in [5.41, 5.74) is 4.93. The summed E-state index contributed by atoms with van der Waals surface area (Å²) in [6.45, 7) is 1.91. The van der Waals surface area contributed by atoms with Crippen molar-refractivity contribution in [1.29, 1.82) is 0 Å². The van der Waals surface area contributed by atoms with Crippen LogP contribution in [0.4, 0.5) is 5.69 Å². The van der Waals surface area contributed by atoms with Crippen LogP contribution in [0.5, 0.6) is 11.5 Å². The molecule has 0 aliphatic carbocycles. The zero-order valence-corrected chi connectivity index (χ0v) is 19.5. The van der Waals surface area contributed by atoms with Crippen molar-refractivity contribution in [3.8, 4) is 11.5 Å². The maximum absolute atomic E-state index is 12.7. The minimum absolute atomic E-state index is 0.146. The molecule has 2 amide bonds. The molecule has 0 spiro atoms. The molecule has 1 aromatic heterocycles. The highest BCUT2D eigenvalue weighted by atomic mass is 35.5. The number of ether oxygens (including phenoxy) is 2. The summed E-state index contributed by atoms with van der Waals surface area (Å²) in [4.78, 5) is 25.7. The Morgan fingerprint density at radius 2 is 1.76 bits per heavy atom. The van der Waals surface area contributed by atoms with Gasteiger partial charge in [-0.3, -0.25) is 9.59 Å². The van der Waals surface area contributed by atoms with Crippen LogP contribution >= 0.6 is 22.9 Å². The Bertz CT molecular complexity index is 1460. The third-order valence-electron chi connectivity index (χ3n) is 5.24. The summed E-state index contributed by atoms with van der Waals surface area (Å²) in [6.07, 6.45) is 0. The van der Waals surface area contributed by atoms with Crippen molar-refractivity contribution in [2.45, 2.75) is 6.92 Å². The number of nitrogens with one attached hydrogen (secondary N) is 2. The number of anilines is 1. The van der Waals surface area contributed by atoms with Crippen LogP contribution in [0.25, 0.3) is 10.1 Å². The Kier molecular flexibility index (Phi) is 5.91. The molecule has 34 heavy (non-hydrogen) atoms. The molecule has 5 rings (SSSR count). The molecule has 0 bridgehead atoms. The van der Waals surface area contributed by atoms with Gasteiger partial charge in [-0.15, -0.1) is 11.3 Å². The maximum atomic E-state index is 12.7. The number of thiophene rings is 1. The zero-order valence-electron chi connectivity index (χ0n) is 17.9. The predicted octanol–water partition coefficient (Wildman–Crippen LogP) is 5.69. The van der Waals surface area contributed by atoms with E-state index in [0.29, 0.717) is 38.4 Å². The van der Waals surface area contributed by atoms with Crippen LogP contribution < -0.4 is 20.2 Å². The first kappa shape index (κ1) is 21.9. The molecule has 7 nitrogen and oxygen atoms in total. The van der Waals surface area contributed by atoms with E-state index < -0.39 is 0 Å². The zero-order chi connectivity index (χ0) is 23.7. The molecule has 1 aliphatic heterocycles. The van der Waals surface area contributed by atoms with Crippen LogP contribution in [0.3, 0.4) is 0 Å². The molecule has 0 saturated heterocycles. The minimum Gasteiger partial charge on any atom is -0.454 e. The molecule has 2 heterocycles. The van der Waals surface area contributed by atoms with E-state index in [2.05, 4.69) is 15.8 Å². The molecule has 0 fully saturated rings. The summed E-state index contributed by atoms with van der Waals surface area (Å²) in [6, 6.07) is 19.8. The number of hydrazone groups is 1. The second kappa shape index (κ2) is 9.17. The van der Waals surface area contributed by atoms with Crippen LogP contribution in [0.2, 0.25) is 5.02 Å². The van der Waals surface area contributed by atoms with E-state index in [9.17, 15) is 9.59 Å². The number of halogens is 1. The van der Waals surface area contributed by atoms with E-state index in [-0.39, 0.29) is 18.6 Å². The minimum atomic E-state index is -0.377. The summed E-state index contributed by atoms with van der Waals surface area (Å²) in [7, 11) is 0. The number of hydrogen-bond donors (Lipinski definition) is 2. The average molecular weight is 492 g/mol. The Balaban J connectivity index is 1.29. The first-order valence-corrected chi connectivity index (χ1v) is 11.5. The van der Waals surface area contributed by atoms with E-state index in [1.807, 2.05) is 30.3 Å². The number of rotatable bonds is 5. The van der Waals surface area contributed by atoms with Crippen molar-refractivity contribution >= 4 is 56.2 Å². The second-order valence-electron chi connectivity index (χ2n) is 7.48. The normalized spacial score (nSPS) is 12.6. The summed E-state index contributed by atoms with van der Waals surface area (Å²) in [5.74, 6) is 0.499. The SMILES string of the molecule is C/C(=N\NC(=O)c1sc2ccccc2c1Cl)c1cccc(NC(=O)c2ccc3c(c2)OCO3)c1. The Morgan fingerprint density at radius 1 is 0.941 bits per heavy atom. The Labute approximate surface area is 204 Å². The van der Waals surface area contributed by atoms with Gasteiger partial charge in [0.25, 0.3) is 11.8 Å². The van der Waals surface area contributed by atoms with Crippen molar-refractivity contribution in [3.05, 3.63) is 87.8 Å². The molecule has 170 valence electrons. The molecule has 0 unspecified atom stereocenters. The molecule has 0 radical (unpaired) electrons. The lowest BCUT2D eigenvalue weighted by atomic mass is 10.1. The third-order valence-corrected chi connectivity index (χ3v) is 6.91. The molecule has 2 N–H and O–H groups in total. The summed E-state index contributed by atoms with van der Waals surface area (Å²) in [5, 5.41) is 8.34. The van der Waals surface area contributed by atoms with Crippen molar-refractivity contribution < 1.29 is 19.1 Å². The lowest BCUT2D eigenvalue weighted by Crippen LogP contribution is -2.18. The van der Waals surface area contributed by atoms with Gasteiger partial charge >= 0.3 is 0 Å². The largest absolute Gasteiger partial charge is 0.454 e. The molecule has 4 aromatic rings. The lowest BCUT2D eigenvalue weighted by molar-refractivity contribution is 0.0958. The van der Waals surface area contributed by atoms with E-state index in [1.54, 1.807) is 43.3 Å². The number of hydrogen-bond acceptors (Lipinski definition) is 6. The standard InChI is InChI=1S/C25H18ClN3O4S/c1-14(28-29-25(31)23-22(26)18-7-2-3-8-21(18)34-23)15-5-4-6-17(11-15)27-24(30)16-9-10-19-20(12-16)33-13-32-19/h2-12H,13H2,1H3,(H,27,30)(H,29,31)/b28-14+. The number of nitrogens with zero attached hydrogens (tertiary/aromatic N) is 1. The van der Waals surface area contributed by atoms with Crippen LogP contribution in [0.15, 0.2) is 71.8 Å². The highest BCUT2D eigenvalue weighted by Gasteiger charge is 2.18. The van der Waals surface area contributed by atoms with Crippen LogP contribution in [-0.2, 0) is 0 Å². The average Bonchev–Trinajstić information content (AvgIpc) is 3.46. The van der Waals surface area contributed by atoms with Crippen molar-refractivity contribution in [1.82, 2.24) is 5.43 Å². The number of benzene rings is 3. The molecule has 0 saturated carbocycles. The number of amides is 2. The van der Waals surface area contributed by atoms with E-state index >= 15 is 0 Å². The lowest BCUT2D eigenvalue weighted by Gasteiger charge is -2.08. The number of carbonyl (C=O) groups excluding carboxylic acids is 2. The van der Waals surface area contributed by atoms with Gasteiger partial charge < -0.3 is 14.8 Å². The second-order valence-corrected chi connectivity index (χ2v) is 8.91. The van der Waals surface area contributed by atoms with E-state index in [4.69, 9.17) is 21.1 Å². The van der Waals surface area contributed by atoms with Gasteiger partial charge in [0.2, 0.25) is 6.79 Å². The van der Waals surface area contributed by atoms with Gasteiger partial charge in [0.05, 0.1) is 10.7 Å². The summed E-state index contributed by atoms with van der Waals surface area (Å²) < 4.78 is 11.5. The first-order valence-electron chi connectivity index (χ1n) is 10.3. The first-order chi connectivity index (χ1) is 16.5. The fourth-order valence-electron chi connectivity index (χ4n) is 3.47. The van der Waals surface area contributed by atoms with E-state index in [1.165, 1.54) is 11.3 Å². The van der Waals surface area contributed by atoms with Crippen LogP contribution in [-0.4, -0.2) is 24.3 Å². The van der Waals surface area contributed by atoms with Crippen molar-refractivity contribution in [3.63, 3.8) is 0 Å². The monoisotopic (exact) mass is 491 g/mol. The van der Waals surface area contributed by atoms with Gasteiger partial charge in [-0.05, 0) is 48.9 Å². The Morgan fingerprint density at radius 3 is 2.62 bits per heavy atom. The van der Waals surface area contributed by atoms with Crippen LogP contribution in [0, 0.1) is 0 Å². The van der Waals surface area contributed by atoms with Crippen molar-refractivity contribution in [2.75, 3.05) is 12.1 Å². The van der Waals surface area contributed by atoms with Gasteiger partial charge in [-0.25, -0.2) is 5.43 Å². The molecule has 1 aliphatic rings. The van der Waals surface area contributed by atoms with Crippen LogP contribution in [0.1, 0.15) is 32.5 Å². The smallest absolute Gasteiger partial charge is 0.283 e. The topological polar surface area (TPSA) is 89.0 Å². The Hall–Kier alpha value is -3.88. The van der Waals surface area contributed by atoms with Crippen molar-refractivity contribution in [2.24, 2.45) is 5.10 Å². The highest BCUT2D eigenvalue weighted by Crippen LogP contribution is 2.35. The molecule has 0 atom stereocenters. The number of carbonyl (C=O) groups is 2. The van der Waals surface area contributed by atoms with Gasteiger partial charge in [0.15, 0.2) is 11.5 Å². The quantitative estimate of drug-likeness (QED) is 0.277. The molecule has 9 heteroatoms. The van der Waals surface area contributed by atoms with E-state index in [0.717, 1.165) is 15.6 Å². The van der Waals surface area contributed by atoms with Gasteiger partial charge in [0, 0.05) is 21.3 Å². The molecule has 3 aromatic carbocycles. The van der Waals surface area contributed by atoms with Gasteiger partial charge in [-0.2, -0.15) is 5.10 Å². The molecular weight excluding hydrogens is 474 g/mol. The molecular formula is C25H18ClN3O4S. The number of fused-ring (bicyclic) bond motifs is 2. The van der Waals surface area contributed by atoms with Gasteiger partial charge in [-0.1, -0.05) is 41.9 Å².